The summed E-state index contributed by atoms with van der Waals surface area (Å²) in [5.41, 5.74) is 2.90. The second-order valence-electron chi connectivity index (χ2n) is 7.79. The zero-order chi connectivity index (χ0) is 22.4. The minimum absolute atomic E-state index is 0.00517. The number of nitrogens with zero attached hydrogens (tertiary/aromatic N) is 2. The van der Waals surface area contributed by atoms with Crippen LogP contribution in [-0.2, 0) is 14.8 Å². The third-order valence-electron chi connectivity index (χ3n) is 5.35. The molecule has 2 aromatic carbocycles. The Labute approximate surface area is 183 Å². The van der Waals surface area contributed by atoms with Crippen LogP contribution in [0, 0.1) is 12.7 Å². The Morgan fingerprint density at radius 1 is 1.06 bits per heavy atom. The van der Waals surface area contributed by atoms with E-state index in [0.717, 1.165) is 55.2 Å². The van der Waals surface area contributed by atoms with Crippen molar-refractivity contribution in [3.8, 4) is 0 Å². The molecule has 0 atom stereocenters. The van der Waals surface area contributed by atoms with E-state index in [2.05, 4.69) is 33.0 Å². The van der Waals surface area contributed by atoms with Gasteiger partial charge in [0.15, 0.2) is 0 Å². The highest BCUT2D eigenvalue weighted by Gasteiger charge is 2.16. The van der Waals surface area contributed by atoms with E-state index in [1.165, 1.54) is 12.1 Å². The van der Waals surface area contributed by atoms with Crippen molar-refractivity contribution >= 4 is 27.3 Å². The van der Waals surface area contributed by atoms with Gasteiger partial charge in [0.1, 0.15) is 5.82 Å². The molecule has 0 spiro atoms. The maximum Gasteiger partial charge on any atom is 0.240 e. The van der Waals surface area contributed by atoms with Gasteiger partial charge in [-0.1, -0.05) is 0 Å². The fraction of sp³-hybridized carbons (Fsp3) is 0.409. The molecule has 0 unspecified atom stereocenters. The monoisotopic (exact) mass is 448 g/mol. The average Bonchev–Trinajstić information content (AvgIpc) is 2.74. The number of nitrogens with one attached hydrogen (secondary N) is 2. The van der Waals surface area contributed by atoms with Crippen LogP contribution in [0.1, 0.15) is 18.4 Å². The van der Waals surface area contributed by atoms with E-state index in [0.29, 0.717) is 6.42 Å². The fourth-order valence-corrected chi connectivity index (χ4v) is 4.49. The summed E-state index contributed by atoms with van der Waals surface area (Å²) in [6, 6.07) is 10.6. The molecular weight excluding hydrogens is 419 g/mol. The molecule has 31 heavy (non-hydrogen) atoms. The summed E-state index contributed by atoms with van der Waals surface area (Å²) in [4.78, 5) is 16.9. The molecule has 0 radical (unpaired) electrons. The van der Waals surface area contributed by atoms with E-state index in [4.69, 9.17) is 0 Å². The largest absolute Gasteiger partial charge is 0.369 e. The molecule has 9 heteroatoms. The molecule has 1 aliphatic rings. The molecule has 1 fully saturated rings. The van der Waals surface area contributed by atoms with Gasteiger partial charge in [0, 0.05) is 50.5 Å². The SMILES string of the molecule is Cc1cc(N2CCN(C)CC2)ccc1NC(=O)CCCNS(=O)(=O)c1ccc(F)cc1. The number of anilines is 2. The van der Waals surface area contributed by atoms with Gasteiger partial charge >= 0.3 is 0 Å². The zero-order valence-corrected chi connectivity index (χ0v) is 18.7. The normalized spacial score (nSPS) is 15.1. The molecular formula is C22H29FN4O3S. The van der Waals surface area contributed by atoms with Gasteiger partial charge in [0.05, 0.1) is 4.90 Å². The Morgan fingerprint density at radius 3 is 2.39 bits per heavy atom. The van der Waals surface area contributed by atoms with Gasteiger partial charge in [0.25, 0.3) is 0 Å². The van der Waals surface area contributed by atoms with Crippen molar-refractivity contribution < 1.29 is 17.6 Å². The molecule has 168 valence electrons. The Hall–Kier alpha value is -2.49. The summed E-state index contributed by atoms with van der Waals surface area (Å²) in [7, 11) is -1.60. The first-order valence-corrected chi connectivity index (χ1v) is 11.8. The molecule has 2 aromatic rings. The number of rotatable bonds is 8. The molecule has 0 aliphatic carbocycles. The maximum absolute atomic E-state index is 12.9. The maximum atomic E-state index is 12.9. The Bertz CT molecular complexity index is 1000. The first-order valence-electron chi connectivity index (χ1n) is 10.3. The van der Waals surface area contributed by atoms with Gasteiger partial charge in [-0.25, -0.2) is 17.5 Å². The van der Waals surface area contributed by atoms with Gasteiger partial charge < -0.3 is 15.1 Å². The van der Waals surface area contributed by atoms with Crippen LogP contribution >= 0.6 is 0 Å². The molecule has 3 rings (SSSR count). The first-order chi connectivity index (χ1) is 14.7. The van der Waals surface area contributed by atoms with Crippen LogP contribution in [0.2, 0.25) is 0 Å². The number of aryl methyl sites for hydroxylation is 1. The van der Waals surface area contributed by atoms with Crippen LogP contribution in [0.3, 0.4) is 0 Å². The zero-order valence-electron chi connectivity index (χ0n) is 17.9. The third-order valence-corrected chi connectivity index (χ3v) is 6.83. The lowest BCUT2D eigenvalue weighted by Crippen LogP contribution is -2.44. The molecule has 2 N–H and O–H groups in total. The van der Waals surface area contributed by atoms with Crippen molar-refractivity contribution in [2.24, 2.45) is 0 Å². The predicted molar refractivity (Wildman–Crippen MR) is 120 cm³/mol. The molecule has 0 saturated carbocycles. The summed E-state index contributed by atoms with van der Waals surface area (Å²) in [5.74, 6) is -0.668. The molecule has 1 amide bonds. The number of amides is 1. The van der Waals surface area contributed by atoms with Crippen molar-refractivity contribution in [2.45, 2.75) is 24.7 Å². The Kier molecular flexibility index (Phi) is 7.64. The number of halogens is 1. The van der Waals surface area contributed by atoms with Crippen LogP contribution in [0.15, 0.2) is 47.4 Å². The van der Waals surface area contributed by atoms with Crippen molar-refractivity contribution in [1.29, 1.82) is 0 Å². The number of benzene rings is 2. The number of sulfonamides is 1. The van der Waals surface area contributed by atoms with E-state index in [1.807, 2.05) is 19.1 Å². The Balaban J connectivity index is 1.46. The number of hydrogen-bond acceptors (Lipinski definition) is 5. The van der Waals surface area contributed by atoms with Gasteiger partial charge in [0.2, 0.25) is 15.9 Å². The highest BCUT2D eigenvalue weighted by atomic mass is 32.2. The Morgan fingerprint density at radius 2 is 1.74 bits per heavy atom. The quantitative estimate of drug-likeness (QED) is 0.607. The molecule has 7 nitrogen and oxygen atoms in total. The van der Waals surface area contributed by atoms with E-state index in [1.54, 1.807) is 0 Å². The number of carbonyl (C=O) groups is 1. The van der Waals surface area contributed by atoms with Crippen LogP contribution in [0.5, 0.6) is 0 Å². The lowest BCUT2D eigenvalue weighted by atomic mass is 10.1. The third kappa shape index (κ3) is 6.49. The van der Waals surface area contributed by atoms with E-state index < -0.39 is 15.8 Å². The van der Waals surface area contributed by atoms with E-state index in [9.17, 15) is 17.6 Å². The summed E-state index contributed by atoms with van der Waals surface area (Å²) in [6.07, 6.45) is 0.538. The lowest BCUT2D eigenvalue weighted by molar-refractivity contribution is -0.116. The standard InChI is InChI=1S/C22H29FN4O3S/c1-17-16-19(27-14-12-26(2)13-15-27)7-10-21(17)25-22(28)4-3-11-24-31(29,30)20-8-5-18(23)6-9-20/h5-10,16,24H,3-4,11-15H2,1-2H3,(H,25,28). The smallest absolute Gasteiger partial charge is 0.240 e. The summed E-state index contributed by atoms with van der Waals surface area (Å²) >= 11 is 0. The second kappa shape index (κ2) is 10.2. The number of piperazine rings is 1. The van der Waals surface area contributed by atoms with Crippen LogP contribution < -0.4 is 14.9 Å². The van der Waals surface area contributed by atoms with Gasteiger partial charge in [-0.2, -0.15) is 0 Å². The average molecular weight is 449 g/mol. The van der Waals surface area contributed by atoms with Gasteiger partial charge in [-0.3, -0.25) is 4.79 Å². The fourth-order valence-electron chi connectivity index (χ4n) is 3.41. The first kappa shape index (κ1) is 23.2. The highest BCUT2D eigenvalue weighted by Crippen LogP contribution is 2.24. The second-order valence-corrected chi connectivity index (χ2v) is 9.56. The number of carbonyl (C=O) groups excluding carboxylic acids is 1. The molecule has 1 saturated heterocycles. The topological polar surface area (TPSA) is 81.8 Å². The summed E-state index contributed by atoms with van der Waals surface area (Å²) in [6.45, 7) is 6.11. The summed E-state index contributed by atoms with van der Waals surface area (Å²) < 4.78 is 39.7. The number of hydrogen-bond donors (Lipinski definition) is 2. The van der Waals surface area contributed by atoms with Crippen molar-refractivity contribution in [3.63, 3.8) is 0 Å². The highest BCUT2D eigenvalue weighted by molar-refractivity contribution is 7.89. The summed E-state index contributed by atoms with van der Waals surface area (Å²) in [5, 5.41) is 2.90. The van der Waals surface area contributed by atoms with Gasteiger partial charge in [-0.15, -0.1) is 0 Å². The van der Waals surface area contributed by atoms with E-state index >= 15 is 0 Å². The molecule has 1 aliphatic heterocycles. The number of likely N-dealkylation sites (N-methyl/N-ethyl adjacent to an activating group) is 1. The lowest BCUT2D eigenvalue weighted by Gasteiger charge is -2.34. The van der Waals surface area contributed by atoms with E-state index in [-0.39, 0.29) is 23.8 Å². The van der Waals surface area contributed by atoms with Crippen LogP contribution in [-0.4, -0.2) is 59.0 Å². The molecule has 0 aromatic heterocycles. The van der Waals surface area contributed by atoms with Gasteiger partial charge in [-0.05, 0) is 68.4 Å². The van der Waals surface area contributed by atoms with Crippen molar-refractivity contribution in [2.75, 3.05) is 50.0 Å². The van der Waals surface area contributed by atoms with Crippen molar-refractivity contribution in [3.05, 3.63) is 53.8 Å². The minimum atomic E-state index is -3.72. The molecule has 0 bridgehead atoms. The van der Waals surface area contributed by atoms with Crippen molar-refractivity contribution in [1.82, 2.24) is 9.62 Å². The minimum Gasteiger partial charge on any atom is -0.369 e. The van der Waals surface area contributed by atoms with Crippen LogP contribution in [0.25, 0.3) is 0 Å². The molecule has 1 heterocycles. The predicted octanol–water partition coefficient (Wildman–Crippen LogP) is 2.58. The van der Waals surface area contributed by atoms with Crippen LogP contribution in [0.4, 0.5) is 15.8 Å².